The van der Waals surface area contributed by atoms with Crippen LogP contribution in [0.4, 0.5) is 0 Å². The van der Waals surface area contributed by atoms with E-state index in [4.69, 9.17) is 5.73 Å². The van der Waals surface area contributed by atoms with Crippen LogP contribution in [0.5, 0.6) is 0 Å². The fraction of sp³-hybridized carbons (Fsp3) is 0.588. The molecule has 1 fully saturated rings. The van der Waals surface area contributed by atoms with E-state index in [9.17, 15) is 4.79 Å². The van der Waals surface area contributed by atoms with Crippen molar-refractivity contribution in [1.29, 1.82) is 0 Å². The van der Waals surface area contributed by atoms with E-state index in [-0.39, 0.29) is 11.9 Å². The van der Waals surface area contributed by atoms with Crippen LogP contribution in [0.3, 0.4) is 0 Å². The molecule has 1 aliphatic rings. The second-order valence-electron chi connectivity index (χ2n) is 6.28. The Hall–Kier alpha value is -1.39. The number of benzene rings is 1. The van der Waals surface area contributed by atoms with E-state index in [1.807, 2.05) is 13.0 Å². The van der Waals surface area contributed by atoms with E-state index < -0.39 is 0 Å². The molecule has 2 rings (SSSR count). The Kier molecular flexibility index (Phi) is 5.76. The lowest BCUT2D eigenvalue weighted by atomic mass is 9.97. The number of amides is 1. The first-order valence-electron chi connectivity index (χ1n) is 7.87. The van der Waals surface area contributed by atoms with Crippen molar-refractivity contribution in [2.24, 2.45) is 5.73 Å². The minimum Gasteiger partial charge on any atom is -0.353 e. The molecule has 3 N–H and O–H groups in total. The first-order valence-corrected chi connectivity index (χ1v) is 7.87. The van der Waals surface area contributed by atoms with E-state index in [1.54, 1.807) is 0 Å². The van der Waals surface area contributed by atoms with Crippen molar-refractivity contribution in [2.45, 2.75) is 57.8 Å². The molecule has 3 unspecified atom stereocenters. The Morgan fingerprint density at radius 1 is 1.43 bits per heavy atom. The predicted molar refractivity (Wildman–Crippen MR) is 85.7 cm³/mol. The maximum atomic E-state index is 11.8. The van der Waals surface area contributed by atoms with E-state index >= 15 is 0 Å². The Balaban J connectivity index is 1.80. The van der Waals surface area contributed by atoms with Gasteiger partial charge >= 0.3 is 0 Å². The highest BCUT2D eigenvalue weighted by molar-refractivity contribution is 5.76. The normalized spacial score (nSPS) is 24.5. The highest BCUT2D eigenvalue weighted by Gasteiger charge is 2.26. The number of piperidine rings is 1. The number of likely N-dealkylation sites (tertiary alicyclic amines) is 1. The van der Waals surface area contributed by atoms with Crippen molar-refractivity contribution >= 4 is 5.91 Å². The third kappa shape index (κ3) is 5.14. The monoisotopic (exact) mass is 289 g/mol. The third-order valence-corrected chi connectivity index (χ3v) is 4.11. The van der Waals surface area contributed by atoms with Crippen LogP contribution in [0.25, 0.3) is 0 Å². The van der Waals surface area contributed by atoms with Gasteiger partial charge in [0.2, 0.25) is 5.91 Å². The molecule has 1 aliphatic heterocycles. The van der Waals surface area contributed by atoms with Gasteiger partial charge in [-0.05, 0) is 32.3 Å². The lowest BCUT2D eigenvalue weighted by Crippen LogP contribution is -2.49. The molecular formula is C17H27N3O. The van der Waals surface area contributed by atoms with Gasteiger partial charge in [-0.15, -0.1) is 0 Å². The van der Waals surface area contributed by atoms with E-state index in [2.05, 4.69) is 41.4 Å². The van der Waals surface area contributed by atoms with Crippen LogP contribution in [0.1, 0.15) is 38.7 Å². The summed E-state index contributed by atoms with van der Waals surface area (Å²) in [5, 5.41) is 3.12. The zero-order chi connectivity index (χ0) is 15.2. The third-order valence-electron chi connectivity index (χ3n) is 4.11. The summed E-state index contributed by atoms with van der Waals surface area (Å²) >= 11 is 0. The molecule has 116 valence electrons. The summed E-state index contributed by atoms with van der Waals surface area (Å²) in [5.41, 5.74) is 7.02. The Bertz CT molecular complexity index is 447. The molecule has 0 radical (unpaired) electrons. The number of nitrogens with two attached hydrogens (primary N) is 1. The predicted octanol–water partition coefficient (Wildman–Crippen LogP) is 1.89. The number of hydrogen-bond donors (Lipinski definition) is 2. The number of rotatable bonds is 5. The quantitative estimate of drug-likeness (QED) is 0.870. The van der Waals surface area contributed by atoms with Gasteiger partial charge in [0.25, 0.3) is 0 Å². The fourth-order valence-corrected chi connectivity index (χ4v) is 2.98. The summed E-state index contributed by atoms with van der Waals surface area (Å²) < 4.78 is 0. The Morgan fingerprint density at radius 2 is 2.14 bits per heavy atom. The number of hydrogen-bond acceptors (Lipinski definition) is 3. The number of nitrogens with one attached hydrogen (secondary N) is 1. The zero-order valence-electron chi connectivity index (χ0n) is 13.1. The highest BCUT2D eigenvalue weighted by Crippen LogP contribution is 2.20. The highest BCUT2D eigenvalue weighted by atomic mass is 16.1. The minimum absolute atomic E-state index is 0.0689. The summed E-state index contributed by atoms with van der Waals surface area (Å²) in [6, 6.07) is 11.3. The van der Waals surface area contributed by atoms with Gasteiger partial charge in [0, 0.05) is 37.6 Å². The molecule has 4 nitrogen and oxygen atoms in total. The smallest absolute Gasteiger partial charge is 0.221 e. The molecule has 1 heterocycles. The molecule has 1 saturated heterocycles. The van der Waals surface area contributed by atoms with Gasteiger partial charge in [-0.25, -0.2) is 0 Å². The molecule has 0 saturated carbocycles. The molecular weight excluding hydrogens is 262 g/mol. The zero-order valence-corrected chi connectivity index (χ0v) is 13.1. The van der Waals surface area contributed by atoms with Crippen LogP contribution < -0.4 is 11.1 Å². The Labute approximate surface area is 127 Å². The summed E-state index contributed by atoms with van der Waals surface area (Å²) in [6.45, 7) is 6.12. The largest absolute Gasteiger partial charge is 0.353 e. The molecule has 1 aromatic rings. The lowest BCUT2D eigenvalue weighted by Gasteiger charge is -2.38. The fourth-order valence-electron chi connectivity index (χ4n) is 2.98. The minimum atomic E-state index is -0.0689. The molecule has 1 aromatic carbocycles. The maximum absolute atomic E-state index is 11.8. The molecule has 0 aliphatic carbocycles. The van der Waals surface area contributed by atoms with Crippen molar-refractivity contribution in [3.8, 4) is 0 Å². The number of nitrogens with zero attached hydrogens (tertiary/aromatic N) is 1. The van der Waals surface area contributed by atoms with Crippen molar-refractivity contribution in [2.75, 3.05) is 6.54 Å². The van der Waals surface area contributed by atoms with Crippen molar-refractivity contribution in [3.05, 3.63) is 35.9 Å². The second-order valence-corrected chi connectivity index (χ2v) is 6.28. The number of carbonyl (C=O) groups excluding carboxylic acids is 1. The van der Waals surface area contributed by atoms with Gasteiger partial charge in [0.05, 0.1) is 0 Å². The standard InChI is InChI=1S/C17H27N3O/c1-13(18)10-17(21)19-16-8-9-20(14(2)11-16)12-15-6-4-3-5-7-15/h3-7,13-14,16H,8-12,18H2,1-2H3,(H,19,21). The summed E-state index contributed by atoms with van der Waals surface area (Å²) in [6.07, 6.45) is 2.44. The second kappa shape index (κ2) is 7.57. The van der Waals surface area contributed by atoms with Gasteiger partial charge in [0.1, 0.15) is 0 Å². The van der Waals surface area contributed by atoms with Gasteiger partial charge < -0.3 is 11.1 Å². The molecule has 0 bridgehead atoms. The first kappa shape index (κ1) is 16.0. The molecule has 1 amide bonds. The SMILES string of the molecule is CC(N)CC(=O)NC1CCN(Cc2ccccc2)C(C)C1. The van der Waals surface area contributed by atoms with Crippen molar-refractivity contribution < 1.29 is 4.79 Å². The van der Waals surface area contributed by atoms with Crippen molar-refractivity contribution in [3.63, 3.8) is 0 Å². The summed E-state index contributed by atoms with van der Waals surface area (Å²) in [7, 11) is 0. The molecule has 21 heavy (non-hydrogen) atoms. The van der Waals surface area contributed by atoms with E-state index in [1.165, 1.54) is 5.56 Å². The number of carbonyl (C=O) groups is 1. The molecule has 3 atom stereocenters. The first-order chi connectivity index (χ1) is 10.0. The van der Waals surface area contributed by atoms with Crippen LogP contribution in [0.2, 0.25) is 0 Å². The van der Waals surface area contributed by atoms with Gasteiger partial charge in [0.15, 0.2) is 0 Å². The van der Waals surface area contributed by atoms with E-state index in [0.29, 0.717) is 18.5 Å². The average Bonchev–Trinajstić information content (AvgIpc) is 2.42. The maximum Gasteiger partial charge on any atom is 0.221 e. The van der Waals surface area contributed by atoms with Crippen LogP contribution in [-0.4, -0.2) is 35.5 Å². The van der Waals surface area contributed by atoms with Crippen LogP contribution in [0, 0.1) is 0 Å². The van der Waals surface area contributed by atoms with Crippen LogP contribution in [-0.2, 0) is 11.3 Å². The van der Waals surface area contributed by atoms with E-state index in [0.717, 1.165) is 25.9 Å². The van der Waals surface area contributed by atoms with Crippen LogP contribution in [0.15, 0.2) is 30.3 Å². The van der Waals surface area contributed by atoms with Gasteiger partial charge in [-0.1, -0.05) is 30.3 Å². The Morgan fingerprint density at radius 3 is 2.76 bits per heavy atom. The molecule has 4 heteroatoms. The van der Waals surface area contributed by atoms with Crippen molar-refractivity contribution in [1.82, 2.24) is 10.2 Å². The lowest BCUT2D eigenvalue weighted by molar-refractivity contribution is -0.122. The van der Waals surface area contributed by atoms with Gasteiger partial charge in [-0.2, -0.15) is 0 Å². The van der Waals surface area contributed by atoms with Crippen LogP contribution >= 0.6 is 0 Å². The van der Waals surface area contributed by atoms with Gasteiger partial charge in [-0.3, -0.25) is 9.69 Å². The topological polar surface area (TPSA) is 58.4 Å². The average molecular weight is 289 g/mol. The molecule has 0 aromatic heterocycles. The molecule has 0 spiro atoms. The summed E-state index contributed by atoms with van der Waals surface area (Å²) in [5.74, 6) is 0.0821. The summed E-state index contributed by atoms with van der Waals surface area (Å²) in [4.78, 5) is 14.3.